The van der Waals surface area contributed by atoms with Crippen LogP contribution < -0.4 is 18.9 Å². The number of pyridine rings is 1. The Morgan fingerprint density at radius 1 is 0.821 bits per heavy atom. The molecule has 11 heteroatoms. The van der Waals surface area contributed by atoms with E-state index in [0.717, 1.165) is 6.07 Å². The molecule has 2 aromatic heterocycles. The molecular weight excluding hydrogens is 523 g/mol. The highest BCUT2D eigenvalue weighted by atomic mass is 32.2. The molecule has 196 valence electrons. The van der Waals surface area contributed by atoms with Gasteiger partial charge in [0.25, 0.3) is 0 Å². The Hall–Kier alpha value is -4.99. The Morgan fingerprint density at radius 2 is 1.59 bits per heavy atom. The predicted octanol–water partition coefficient (Wildman–Crippen LogP) is 5.38. The van der Waals surface area contributed by atoms with Crippen molar-refractivity contribution in [3.8, 4) is 34.4 Å². The van der Waals surface area contributed by atoms with Crippen molar-refractivity contribution in [2.75, 3.05) is 18.9 Å². The van der Waals surface area contributed by atoms with Crippen LogP contribution in [0.3, 0.4) is 0 Å². The molecule has 0 aliphatic carbocycles. The molecule has 1 unspecified atom stereocenters. The van der Waals surface area contributed by atoms with E-state index in [4.69, 9.17) is 14.2 Å². The van der Waals surface area contributed by atoms with E-state index in [0.29, 0.717) is 39.5 Å². The lowest BCUT2D eigenvalue weighted by Crippen LogP contribution is -2.14. The second kappa shape index (κ2) is 10.8. The number of benzene rings is 3. The van der Waals surface area contributed by atoms with Gasteiger partial charge >= 0.3 is 0 Å². The monoisotopic (exact) mass is 544 g/mol. The van der Waals surface area contributed by atoms with Gasteiger partial charge in [-0.3, -0.25) is 4.98 Å². The SMILES string of the molecule is COc1cc2nccc(Oc3ccc(NS(=O)(=C=O)c4cccc(-c5ncccn5)c4)cc3F)c2cc1OC. The molecule has 5 aromatic rings. The molecule has 9 nitrogen and oxygen atoms in total. The number of hydrogen-bond donors (Lipinski definition) is 1. The quantitative estimate of drug-likeness (QED) is 0.259. The van der Waals surface area contributed by atoms with Crippen molar-refractivity contribution >= 4 is 31.5 Å². The summed E-state index contributed by atoms with van der Waals surface area (Å²) in [5.74, 6) is 0.862. The smallest absolute Gasteiger partial charge is 0.211 e. The first-order valence-corrected chi connectivity index (χ1v) is 13.1. The number of methoxy groups -OCH3 is 2. The lowest BCUT2D eigenvalue weighted by molar-refractivity contribution is 0.355. The Labute approximate surface area is 223 Å². The molecule has 0 saturated carbocycles. The van der Waals surface area contributed by atoms with Gasteiger partial charge in [-0.25, -0.2) is 23.4 Å². The van der Waals surface area contributed by atoms with Gasteiger partial charge < -0.3 is 18.9 Å². The van der Waals surface area contributed by atoms with Gasteiger partial charge in [-0.05, 0) is 42.5 Å². The van der Waals surface area contributed by atoms with Crippen LogP contribution in [0.1, 0.15) is 0 Å². The van der Waals surface area contributed by atoms with Gasteiger partial charge in [-0.2, -0.15) is 0 Å². The fourth-order valence-corrected chi connectivity index (χ4v) is 5.14. The fourth-order valence-electron chi connectivity index (χ4n) is 3.86. The zero-order chi connectivity index (χ0) is 27.4. The van der Waals surface area contributed by atoms with E-state index in [1.165, 1.54) is 44.7 Å². The summed E-state index contributed by atoms with van der Waals surface area (Å²) < 4.78 is 47.8. The average Bonchev–Trinajstić information content (AvgIpc) is 2.98. The molecule has 3 aromatic carbocycles. The molecule has 0 fully saturated rings. The minimum Gasteiger partial charge on any atom is -0.493 e. The molecule has 1 N–H and O–H groups in total. The number of halogens is 1. The van der Waals surface area contributed by atoms with Crippen molar-refractivity contribution < 1.29 is 27.6 Å². The van der Waals surface area contributed by atoms with Gasteiger partial charge in [-0.1, -0.05) is 12.1 Å². The van der Waals surface area contributed by atoms with E-state index in [9.17, 15) is 9.00 Å². The fraction of sp³-hybridized carbons (Fsp3) is 0.0714. The normalized spacial score (nSPS) is 12.3. The van der Waals surface area contributed by atoms with Crippen LogP contribution in [-0.4, -0.2) is 38.6 Å². The Kier molecular flexibility index (Phi) is 7.09. The van der Waals surface area contributed by atoms with Crippen molar-refractivity contribution in [1.29, 1.82) is 0 Å². The second-order valence-electron chi connectivity index (χ2n) is 8.12. The topological polar surface area (TPSA) is 113 Å². The molecule has 39 heavy (non-hydrogen) atoms. The van der Waals surface area contributed by atoms with Gasteiger partial charge in [0.2, 0.25) is 5.23 Å². The molecular formula is C28H21FN4O5S. The first kappa shape index (κ1) is 25.7. The lowest BCUT2D eigenvalue weighted by atomic mass is 10.2. The Bertz CT molecular complexity index is 1820. The van der Waals surface area contributed by atoms with E-state index in [-0.39, 0.29) is 16.3 Å². The predicted molar refractivity (Wildman–Crippen MR) is 145 cm³/mol. The van der Waals surface area contributed by atoms with Crippen LogP contribution in [0.4, 0.5) is 10.1 Å². The lowest BCUT2D eigenvalue weighted by Gasteiger charge is -2.14. The number of carbonyl (C=O) groups excluding carboxylic acids is 1. The highest BCUT2D eigenvalue weighted by Crippen LogP contribution is 2.37. The summed E-state index contributed by atoms with van der Waals surface area (Å²) >= 11 is 0. The number of nitrogens with one attached hydrogen (secondary N) is 1. The minimum atomic E-state index is -3.57. The molecule has 0 saturated heterocycles. The highest BCUT2D eigenvalue weighted by Gasteiger charge is 2.17. The van der Waals surface area contributed by atoms with Gasteiger partial charge in [0, 0.05) is 47.4 Å². The van der Waals surface area contributed by atoms with Crippen molar-refractivity contribution in [2.45, 2.75) is 4.90 Å². The molecule has 0 bridgehead atoms. The summed E-state index contributed by atoms with van der Waals surface area (Å²) in [6.45, 7) is 0. The standard InChI is InChI=1S/C28H21FN4O5S/c1-36-26-15-21-23(16-27(26)37-2)30-12-9-24(21)38-25-8-7-19(14-22(25)29)33-39(35,17-34)20-6-3-5-18(13-20)28-31-10-4-11-32-28/h3-16H,1-2H3,(H,33,35). The molecule has 5 rings (SSSR count). The van der Waals surface area contributed by atoms with Crippen molar-refractivity contribution in [3.05, 3.63) is 91.1 Å². The summed E-state index contributed by atoms with van der Waals surface area (Å²) in [6, 6.07) is 16.9. The second-order valence-corrected chi connectivity index (χ2v) is 10.1. The van der Waals surface area contributed by atoms with Crippen molar-refractivity contribution in [3.63, 3.8) is 0 Å². The zero-order valence-electron chi connectivity index (χ0n) is 20.8. The largest absolute Gasteiger partial charge is 0.493 e. The molecule has 2 heterocycles. The first-order chi connectivity index (χ1) is 18.9. The van der Waals surface area contributed by atoms with Crippen LogP contribution in [0.5, 0.6) is 23.0 Å². The summed E-state index contributed by atoms with van der Waals surface area (Å²) in [5, 5.41) is 2.16. The molecule has 0 radical (unpaired) electrons. The van der Waals surface area contributed by atoms with Crippen molar-refractivity contribution in [1.82, 2.24) is 15.0 Å². The molecule has 0 aliphatic heterocycles. The third-order valence-corrected chi connectivity index (χ3v) is 7.40. The molecule has 0 aliphatic rings. The Morgan fingerprint density at radius 3 is 2.31 bits per heavy atom. The average molecular weight is 545 g/mol. The van der Waals surface area contributed by atoms with Gasteiger partial charge in [0.1, 0.15) is 5.75 Å². The molecule has 0 spiro atoms. The maximum Gasteiger partial charge on any atom is 0.211 e. The van der Waals surface area contributed by atoms with E-state index in [1.54, 1.807) is 54.0 Å². The van der Waals surface area contributed by atoms with Crippen LogP contribution in [0.25, 0.3) is 22.3 Å². The van der Waals surface area contributed by atoms with Gasteiger partial charge in [0.05, 0.1) is 24.6 Å². The van der Waals surface area contributed by atoms with E-state index in [2.05, 4.69) is 19.7 Å². The Balaban J connectivity index is 1.43. The molecule has 1 atom stereocenters. The zero-order valence-corrected chi connectivity index (χ0v) is 21.6. The number of ether oxygens (including phenoxy) is 3. The van der Waals surface area contributed by atoms with Crippen LogP contribution in [0.15, 0.2) is 90.2 Å². The van der Waals surface area contributed by atoms with E-state index >= 15 is 4.39 Å². The maximum absolute atomic E-state index is 15.1. The third-order valence-electron chi connectivity index (χ3n) is 5.73. The number of hydrogen-bond acceptors (Lipinski definition) is 8. The van der Waals surface area contributed by atoms with Crippen molar-refractivity contribution in [2.24, 2.45) is 0 Å². The van der Waals surface area contributed by atoms with Crippen LogP contribution in [-0.2, 0) is 14.5 Å². The van der Waals surface area contributed by atoms with Crippen LogP contribution >= 0.6 is 0 Å². The van der Waals surface area contributed by atoms with E-state index < -0.39 is 15.5 Å². The van der Waals surface area contributed by atoms with E-state index in [1.807, 2.05) is 0 Å². The summed E-state index contributed by atoms with van der Waals surface area (Å²) in [5.41, 5.74) is 1.22. The summed E-state index contributed by atoms with van der Waals surface area (Å²) in [4.78, 5) is 24.7. The van der Waals surface area contributed by atoms with Crippen LogP contribution in [0.2, 0.25) is 0 Å². The maximum atomic E-state index is 15.1. The summed E-state index contributed by atoms with van der Waals surface area (Å²) in [6.07, 6.45) is 4.68. The van der Waals surface area contributed by atoms with Crippen LogP contribution in [0, 0.1) is 5.82 Å². The number of rotatable bonds is 8. The molecule has 0 amide bonds. The van der Waals surface area contributed by atoms with Gasteiger partial charge in [-0.15, -0.1) is 0 Å². The van der Waals surface area contributed by atoms with Gasteiger partial charge in [0.15, 0.2) is 38.6 Å². The highest BCUT2D eigenvalue weighted by molar-refractivity contribution is 8.01. The number of anilines is 1. The third kappa shape index (κ3) is 5.22. The number of fused-ring (bicyclic) bond motifs is 1. The minimum absolute atomic E-state index is 0.0901. The number of nitrogens with zero attached hydrogens (tertiary/aromatic N) is 3. The summed E-state index contributed by atoms with van der Waals surface area (Å²) in [7, 11) is -0.549. The first-order valence-electron chi connectivity index (χ1n) is 11.5. The number of aromatic nitrogens is 3.